The number of benzene rings is 2. The Balaban J connectivity index is 1.23. The summed E-state index contributed by atoms with van der Waals surface area (Å²) in [6, 6.07) is 20.8. The van der Waals surface area contributed by atoms with E-state index in [0.717, 1.165) is 29.7 Å². The van der Waals surface area contributed by atoms with Gasteiger partial charge in [-0.3, -0.25) is 9.59 Å². The lowest BCUT2D eigenvalue weighted by molar-refractivity contribution is -0.136. The van der Waals surface area contributed by atoms with Gasteiger partial charge < -0.3 is 19.7 Å². The van der Waals surface area contributed by atoms with Crippen molar-refractivity contribution in [2.24, 2.45) is 5.92 Å². The van der Waals surface area contributed by atoms with Crippen LogP contribution in [0.25, 0.3) is 0 Å². The molecule has 1 saturated heterocycles. The molecule has 176 valence electrons. The molecular weight excluding hydrogens is 430 g/mol. The van der Waals surface area contributed by atoms with Crippen LogP contribution < -0.4 is 14.8 Å². The van der Waals surface area contributed by atoms with Crippen LogP contribution in [-0.2, 0) is 16.2 Å². The number of anilines is 1. The second-order valence-electron chi connectivity index (χ2n) is 8.42. The van der Waals surface area contributed by atoms with E-state index in [0.29, 0.717) is 31.3 Å². The predicted octanol–water partition coefficient (Wildman–Crippen LogP) is 4.23. The summed E-state index contributed by atoms with van der Waals surface area (Å²) in [6.45, 7) is 3.37. The van der Waals surface area contributed by atoms with Crippen LogP contribution in [0.4, 0.5) is 5.82 Å². The van der Waals surface area contributed by atoms with Crippen LogP contribution in [-0.4, -0.2) is 41.4 Å². The summed E-state index contributed by atoms with van der Waals surface area (Å²) in [6.07, 6.45) is 3.23. The van der Waals surface area contributed by atoms with E-state index in [9.17, 15) is 9.59 Å². The van der Waals surface area contributed by atoms with Crippen molar-refractivity contribution in [3.63, 3.8) is 0 Å². The topological polar surface area (TPSA) is 80.8 Å². The molecule has 2 heterocycles. The maximum absolute atomic E-state index is 12.7. The Morgan fingerprint density at radius 3 is 2.44 bits per heavy atom. The fraction of sp³-hybridized carbons (Fsp3) is 0.296. The number of carbonyl (C=O) groups is 2. The number of pyridine rings is 1. The van der Waals surface area contributed by atoms with Crippen molar-refractivity contribution in [1.82, 2.24) is 9.88 Å². The van der Waals surface area contributed by atoms with Gasteiger partial charge in [0, 0.05) is 19.3 Å². The minimum Gasteiger partial charge on any atom is -0.489 e. The van der Waals surface area contributed by atoms with Gasteiger partial charge in [0.15, 0.2) is 6.61 Å². The number of piperidine rings is 1. The van der Waals surface area contributed by atoms with E-state index in [-0.39, 0.29) is 24.3 Å². The van der Waals surface area contributed by atoms with Crippen molar-refractivity contribution in [2.75, 3.05) is 25.0 Å². The Labute approximate surface area is 199 Å². The summed E-state index contributed by atoms with van der Waals surface area (Å²) in [5.41, 5.74) is 2.12. The zero-order chi connectivity index (χ0) is 23.8. The smallest absolute Gasteiger partial charge is 0.260 e. The van der Waals surface area contributed by atoms with E-state index in [2.05, 4.69) is 10.3 Å². The van der Waals surface area contributed by atoms with E-state index in [1.54, 1.807) is 29.3 Å². The molecule has 0 aliphatic carbocycles. The van der Waals surface area contributed by atoms with Crippen molar-refractivity contribution in [2.45, 2.75) is 26.4 Å². The molecule has 0 saturated carbocycles. The molecule has 7 nitrogen and oxygen atoms in total. The lowest BCUT2D eigenvalue weighted by Crippen LogP contribution is -2.45. The van der Waals surface area contributed by atoms with Gasteiger partial charge in [-0.15, -0.1) is 0 Å². The summed E-state index contributed by atoms with van der Waals surface area (Å²) in [5, 5.41) is 2.85. The molecule has 0 unspecified atom stereocenters. The maximum Gasteiger partial charge on any atom is 0.260 e. The molecule has 0 spiro atoms. The van der Waals surface area contributed by atoms with E-state index in [1.807, 2.05) is 55.5 Å². The van der Waals surface area contributed by atoms with Crippen LogP contribution in [0.5, 0.6) is 11.5 Å². The highest BCUT2D eigenvalue weighted by Crippen LogP contribution is 2.21. The second-order valence-corrected chi connectivity index (χ2v) is 8.42. The number of likely N-dealkylation sites (tertiary alicyclic amines) is 1. The number of nitrogens with zero attached hydrogens (tertiary/aromatic N) is 2. The molecule has 1 aliphatic rings. The number of nitrogens with one attached hydrogen (secondary N) is 1. The molecule has 2 amide bonds. The Morgan fingerprint density at radius 1 is 1.00 bits per heavy atom. The van der Waals surface area contributed by atoms with Crippen LogP contribution in [0, 0.1) is 12.8 Å². The van der Waals surface area contributed by atoms with Gasteiger partial charge in [-0.05, 0) is 61.2 Å². The van der Waals surface area contributed by atoms with Gasteiger partial charge in [-0.25, -0.2) is 4.98 Å². The summed E-state index contributed by atoms with van der Waals surface area (Å²) >= 11 is 0. The number of carbonyl (C=O) groups excluding carboxylic acids is 2. The number of hydrogen-bond donors (Lipinski definition) is 1. The highest BCUT2D eigenvalue weighted by Gasteiger charge is 2.28. The van der Waals surface area contributed by atoms with Gasteiger partial charge in [0.1, 0.15) is 23.9 Å². The monoisotopic (exact) mass is 459 g/mol. The number of amides is 2. The fourth-order valence-corrected chi connectivity index (χ4v) is 3.80. The molecule has 0 radical (unpaired) electrons. The molecule has 1 atom stereocenters. The Kier molecular flexibility index (Phi) is 7.75. The first-order valence-corrected chi connectivity index (χ1v) is 11.5. The molecular formula is C27H29N3O4. The largest absolute Gasteiger partial charge is 0.489 e. The molecule has 4 rings (SSSR count). The molecule has 7 heteroatoms. The number of rotatable bonds is 8. The third-order valence-corrected chi connectivity index (χ3v) is 5.74. The fourth-order valence-electron chi connectivity index (χ4n) is 3.80. The second kappa shape index (κ2) is 11.3. The molecule has 1 aliphatic heterocycles. The van der Waals surface area contributed by atoms with Gasteiger partial charge in [-0.1, -0.05) is 36.4 Å². The van der Waals surface area contributed by atoms with Crippen molar-refractivity contribution >= 4 is 17.6 Å². The maximum atomic E-state index is 12.7. The average molecular weight is 460 g/mol. The van der Waals surface area contributed by atoms with E-state index < -0.39 is 0 Å². The summed E-state index contributed by atoms with van der Waals surface area (Å²) in [4.78, 5) is 31.3. The number of aromatic nitrogens is 1. The van der Waals surface area contributed by atoms with Crippen LogP contribution in [0.1, 0.15) is 24.0 Å². The predicted molar refractivity (Wildman–Crippen MR) is 130 cm³/mol. The van der Waals surface area contributed by atoms with Gasteiger partial charge >= 0.3 is 0 Å². The van der Waals surface area contributed by atoms with Crippen LogP contribution in [0.3, 0.4) is 0 Å². The highest BCUT2D eigenvalue weighted by molar-refractivity contribution is 5.92. The van der Waals surface area contributed by atoms with Crippen LogP contribution in [0.2, 0.25) is 0 Å². The molecule has 2 aromatic carbocycles. The Bertz CT molecular complexity index is 1090. The standard InChI is InChI=1S/C27H29N3O4/c1-20-9-14-25(28-16-20)29-27(32)22-8-5-15-30(17-22)26(31)19-34-24-12-10-23(11-13-24)33-18-21-6-3-2-4-7-21/h2-4,6-7,9-14,16,22H,5,8,15,17-19H2,1H3,(H,28,29,32)/t22-/m1/s1. The summed E-state index contributed by atoms with van der Waals surface area (Å²) < 4.78 is 11.5. The molecule has 34 heavy (non-hydrogen) atoms. The third-order valence-electron chi connectivity index (χ3n) is 5.74. The normalized spacial score (nSPS) is 15.4. The first-order chi connectivity index (χ1) is 16.6. The molecule has 1 aromatic heterocycles. The zero-order valence-corrected chi connectivity index (χ0v) is 19.3. The SMILES string of the molecule is Cc1ccc(NC(=O)[C@@H]2CCCN(C(=O)COc3ccc(OCc4ccccc4)cc3)C2)nc1. The lowest BCUT2D eigenvalue weighted by Gasteiger charge is -2.32. The highest BCUT2D eigenvalue weighted by atomic mass is 16.5. The third kappa shape index (κ3) is 6.57. The van der Waals surface area contributed by atoms with E-state index in [1.165, 1.54) is 0 Å². The molecule has 1 N–H and O–H groups in total. The number of aryl methyl sites for hydroxylation is 1. The van der Waals surface area contributed by atoms with Gasteiger partial charge in [-0.2, -0.15) is 0 Å². The van der Waals surface area contributed by atoms with E-state index >= 15 is 0 Å². The summed E-state index contributed by atoms with van der Waals surface area (Å²) in [5.74, 6) is 1.35. The van der Waals surface area contributed by atoms with Gasteiger partial charge in [0.25, 0.3) is 5.91 Å². The summed E-state index contributed by atoms with van der Waals surface area (Å²) in [7, 11) is 0. The molecule has 1 fully saturated rings. The quantitative estimate of drug-likeness (QED) is 0.545. The minimum atomic E-state index is -0.262. The van der Waals surface area contributed by atoms with Crippen molar-refractivity contribution < 1.29 is 19.1 Å². The molecule has 3 aromatic rings. The van der Waals surface area contributed by atoms with Crippen LogP contribution >= 0.6 is 0 Å². The van der Waals surface area contributed by atoms with Crippen molar-refractivity contribution in [3.8, 4) is 11.5 Å². The first kappa shape index (κ1) is 23.3. The van der Waals surface area contributed by atoms with E-state index in [4.69, 9.17) is 9.47 Å². The minimum absolute atomic E-state index is 0.0714. The zero-order valence-electron chi connectivity index (χ0n) is 19.3. The van der Waals surface area contributed by atoms with Gasteiger partial charge in [0.2, 0.25) is 5.91 Å². The Hall–Kier alpha value is -3.87. The van der Waals surface area contributed by atoms with Gasteiger partial charge in [0.05, 0.1) is 5.92 Å². The number of hydrogen-bond acceptors (Lipinski definition) is 5. The van der Waals surface area contributed by atoms with Crippen molar-refractivity contribution in [3.05, 3.63) is 84.1 Å². The van der Waals surface area contributed by atoms with Crippen LogP contribution in [0.15, 0.2) is 72.9 Å². The number of ether oxygens (including phenoxy) is 2. The first-order valence-electron chi connectivity index (χ1n) is 11.5. The molecule has 0 bridgehead atoms. The Morgan fingerprint density at radius 2 is 1.74 bits per heavy atom. The average Bonchev–Trinajstić information content (AvgIpc) is 2.88. The van der Waals surface area contributed by atoms with Crippen molar-refractivity contribution in [1.29, 1.82) is 0 Å². The lowest BCUT2D eigenvalue weighted by atomic mass is 9.97.